The summed E-state index contributed by atoms with van der Waals surface area (Å²) in [6, 6.07) is 2.83. The number of nitrogens with zero attached hydrogens (tertiary/aromatic N) is 4. The number of halogens is 1. The van der Waals surface area contributed by atoms with Crippen molar-refractivity contribution in [2.75, 3.05) is 13.1 Å². The molecule has 3 heterocycles. The highest BCUT2D eigenvalue weighted by Crippen LogP contribution is 2.19. The van der Waals surface area contributed by atoms with Crippen LogP contribution in [0.3, 0.4) is 0 Å². The van der Waals surface area contributed by atoms with Gasteiger partial charge in [0.25, 0.3) is 5.88 Å². The van der Waals surface area contributed by atoms with Crippen molar-refractivity contribution >= 4 is 5.91 Å². The Hall–Kier alpha value is -2.57. The first-order valence-corrected chi connectivity index (χ1v) is 8.02. The molecule has 0 unspecified atom stereocenters. The van der Waals surface area contributed by atoms with Gasteiger partial charge in [-0.2, -0.15) is 0 Å². The van der Waals surface area contributed by atoms with E-state index in [2.05, 4.69) is 15.0 Å². The van der Waals surface area contributed by atoms with Gasteiger partial charge in [-0.05, 0) is 31.4 Å². The van der Waals surface area contributed by atoms with Gasteiger partial charge in [-0.25, -0.2) is 9.37 Å². The monoisotopic (exact) mass is 330 g/mol. The molecule has 1 aliphatic heterocycles. The molecule has 0 aromatic carbocycles. The number of rotatable bonds is 5. The van der Waals surface area contributed by atoms with E-state index in [4.69, 9.17) is 4.74 Å². The second-order valence-corrected chi connectivity index (χ2v) is 5.71. The average molecular weight is 330 g/mol. The molecule has 0 saturated carbocycles. The fraction of sp³-hybridized carbons (Fsp3) is 0.412. The predicted octanol–water partition coefficient (Wildman–Crippen LogP) is 2.01. The average Bonchev–Trinajstić information content (AvgIpc) is 2.63. The zero-order valence-electron chi connectivity index (χ0n) is 13.3. The predicted molar refractivity (Wildman–Crippen MR) is 84.8 cm³/mol. The van der Waals surface area contributed by atoms with Gasteiger partial charge in [-0.3, -0.25) is 14.8 Å². The van der Waals surface area contributed by atoms with Crippen molar-refractivity contribution in [3.63, 3.8) is 0 Å². The molecule has 24 heavy (non-hydrogen) atoms. The lowest BCUT2D eigenvalue weighted by Gasteiger charge is -2.32. The molecular formula is C17H19FN4O2. The number of likely N-dealkylation sites (tertiary alicyclic amines) is 1. The van der Waals surface area contributed by atoms with Gasteiger partial charge in [-0.15, -0.1) is 0 Å². The van der Waals surface area contributed by atoms with Gasteiger partial charge in [0, 0.05) is 37.8 Å². The molecule has 1 amide bonds. The van der Waals surface area contributed by atoms with Crippen molar-refractivity contribution in [1.29, 1.82) is 0 Å². The minimum absolute atomic E-state index is 0.00337. The first-order valence-electron chi connectivity index (χ1n) is 8.02. The molecule has 126 valence electrons. The zero-order chi connectivity index (χ0) is 16.8. The molecule has 7 heteroatoms. The van der Waals surface area contributed by atoms with E-state index in [0.717, 1.165) is 18.5 Å². The number of hydrogen-bond donors (Lipinski definition) is 0. The van der Waals surface area contributed by atoms with Gasteiger partial charge in [0.05, 0.1) is 12.2 Å². The summed E-state index contributed by atoms with van der Waals surface area (Å²) in [6.45, 7) is 1.15. The third-order valence-corrected chi connectivity index (χ3v) is 3.95. The van der Waals surface area contributed by atoms with E-state index >= 15 is 0 Å². The molecule has 0 spiro atoms. The van der Waals surface area contributed by atoms with Gasteiger partial charge < -0.3 is 9.64 Å². The van der Waals surface area contributed by atoms with Crippen LogP contribution in [0.2, 0.25) is 0 Å². The minimum atomic E-state index is -0.483. The topological polar surface area (TPSA) is 68.2 Å². The molecular weight excluding hydrogens is 311 g/mol. The van der Waals surface area contributed by atoms with E-state index in [1.54, 1.807) is 23.5 Å². The molecule has 1 aliphatic rings. The third-order valence-electron chi connectivity index (χ3n) is 3.95. The lowest BCUT2D eigenvalue weighted by molar-refractivity contribution is -0.133. The molecule has 2 aromatic heterocycles. The van der Waals surface area contributed by atoms with Gasteiger partial charge in [0.1, 0.15) is 6.10 Å². The van der Waals surface area contributed by atoms with E-state index in [1.807, 2.05) is 0 Å². The first kappa shape index (κ1) is 16.3. The van der Waals surface area contributed by atoms with Crippen molar-refractivity contribution in [1.82, 2.24) is 19.9 Å². The summed E-state index contributed by atoms with van der Waals surface area (Å²) in [5.74, 6) is -0.435. The highest BCUT2D eigenvalue weighted by Gasteiger charge is 2.25. The summed E-state index contributed by atoms with van der Waals surface area (Å²) in [4.78, 5) is 26.2. The lowest BCUT2D eigenvalue weighted by atomic mass is 10.1. The minimum Gasteiger partial charge on any atom is -0.470 e. The van der Waals surface area contributed by atoms with E-state index in [1.165, 1.54) is 18.3 Å². The third kappa shape index (κ3) is 4.24. The van der Waals surface area contributed by atoms with Crippen molar-refractivity contribution in [3.8, 4) is 5.88 Å². The summed E-state index contributed by atoms with van der Waals surface area (Å²) in [5, 5.41) is 0. The smallest absolute Gasteiger partial charge is 0.250 e. The van der Waals surface area contributed by atoms with E-state index < -0.39 is 5.82 Å². The number of ether oxygens (including phenoxy) is 1. The van der Waals surface area contributed by atoms with Crippen LogP contribution in [0.1, 0.15) is 25.0 Å². The van der Waals surface area contributed by atoms with Crippen LogP contribution in [0.25, 0.3) is 0 Å². The molecule has 0 aliphatic carbocycles. The fourth-order valence-electron chi connectivity index (χ4n) is 2.73. The Labute approximate surface area is 139 Å². The van der Waals surface area contributed by atoms with Crippen LogP contribution < -0.4 is 4.74 Å². The van der Waals surface area contributed by atoms with Crippen molar-refractivity contribution < 1.29 is 13.9 Å². The Kier molecular flexibility index (Phi) is 5.30. The Morgan fingerprint density at radius 1 is 1.33 bits per heavy atom. The maximum absolute atomic E-state index is 13.6. The van der Waals surface area contributed by atoms with E-state index in [0.29, 0.717) is 25.9 Å². The molecule has 1 atom stereocenters. The Balaban J connectivity index is 1.53. The number of aromatic nitrogens is 3. The second kappa shape index (κ2) is 7.81. The molecule has 0 radical (unpaired) electrons. The Bertz CT molecular complexity index is 683. The molecule has 1 saturated heterocycles. The molecule has 2 aromatic rings. The largest absolute Gasteiger partial charge is 0.470 e. The van der Waals surface area contributed by atoms with Gasteiger partial charge in [0.15, 0.2) is 5.82 Å². The molecule has 0 bridgehead atoms. The van der Waals surface area contributed by atoms with Crippen LogP contribution in [-0.2, 0) is 11.2 Å². The number of carbonyl (C=O) groups is 1. The number of amides is 1. The van der Waals surface area contributed by atoms with Crippen LogP contribution in [0.4, 0.5) is 4.39 Å². The van der Waals surface area contributed by atoms with Crippen molar-refractivity contribution in [3.05, 3.63) is 48.4 Å². The molecule has 3 rings (SSSR count). The Morgan fingerprint density at radius 3 is 3.04 bits per heavy atom. The maximum Gasteiger partial charge on any atom is 0.250 e. The number of aryl methyl sites for hydroxylation is 1. The van der Waals surface area contributed by atoms with Crippen LogP contribution in [0.15, 0.2) is 36.9 Å². The normalized spacial score (nSPS) is 17.5. The van der Waals surface area contributed by atoms with Crippen LogP contribution in [0, 0.1) is 5.82 Å². The SMILES string of the molecule is O=C(CCc1cnccn1)N1CCC[C@@H](Oc2ncccc2F)C1. The number of piperidine rings is 1. The van der Waals surface area contributed by atoms with Gasteiger partial charge in [0.2, 0.25) is 5.91 Å². The standard InChI is InChI=1S/C17H19FN4O2/c18-15-4-1-7-21-17(15)24-14-3-2-10-22(12-14)16(23)6-5-13-11-19-8-9-20-13/h1,4,7-9,11,14H,2-3,5-6,10,12H2/t14-/m1/s1. The van der Waals surface area contributed by atoms with Crippen molar-refractivity contribution in [2.45, 2.75) is 31.8 Å². The lowest BCUT2D eigenvalue weighted by Crippen LogP contribution is -2.44. The number of hydrogen-bond acceptors (Lipinski definition) is 5. The summed E-state index contributed by atoms with van der Waals surface area (Å²) < 4.78 is 19.3. The summed E-state index contributed by atoms with van der Waals surface area (Å²) in [5.41, 5.74) is 0.797. The van der Waals surface area contributed by atoms with E-state index in [-0.39, 0.29) is 17.9 Å². The van der Waals surface area contributed by atoms with Crippen LogP contribution in [-0.4, -0.2) is 45.0 Å². The molecule has 0 N–H and O–H groups in total. The van der Waals surface area contributed by atoms with Crippen LogP contribution in [0.5, 0.6) is 5.88 Å². The van der Waals surface area contributed by atoms with Crippen molar-refractivity contribution in [2.24, 2.45) is 0 Å². The van der Waals surface area contributed by atoms with Gasteiger partial charge in [-0.1, -0.05) is 0 Å². The Morgan fingerprint density at radius 2 is 2.25 bits per heavy atom. The summed E-state index contributed by atoms with van der Waals surface area (Å²) >= 11 is 0. The number of pyridine rings is 1. The van der Waals surface area contributed by atoms with Gasteiger partial charge >= 0.3 is 0 Å². The van der Waals surface area contributed by atoms with Crippen LogP contribution >= 0.6 is 0 Å². The highest BCUT2D eigenvalue weighted by atomic mass is 19.1. The first-order chi connectivity index (χ1) is 11.7. The molecule has 6 nitrogen and oxygen atoms in total. The fourth-order valence-corrected chi connectivity index (χ4v) is 2.73. The summed E-state index contributed by atoms with van der Waals surface area (Å²) in [6.07, 6.45) is 8.70. The molecule has 1 fully saturated rings. The number of carbonyl (C=O) groups excluding carboxylic acids is 1. The quantitative estimate of drug-likeness (QED) is 0.839. The van der Waals surface area contributed by atoms with E-state index in [9.17, 15) is 9.18 Å². The second-order valence-electron chi connectivity index (χ2n) is 5.71. The zero-order valence-corrected chi connectivity index (χ0v) is 13.3. The maximum atomic E-state index is 13.6. The summed E-state index contributed by atoms with van der Waals surface area (Å²) in [7, 11) is 0. The highest BCUT2D eigenvalue weighted by molar-refractivity contribution is 5.76.